The molecule has 1 aliphatic rings. The number of nitrogens with one attached hydrogen (secondary N) is 1. The Balaban J connectivity index is 1.97. The van der Waals surface area contributed by atoms with Crippen LogP contribution in [0.4, 0.5) is 0 Å². The highest BCUT2D eigenvalue weighted by atomic mass is 16.3. The average Bonchev–Trinajstić information content (AvgIpc) is 2.92. The Bertz CT molecular complexity index is 1020. The van der Waals surface area contributed by atoms with Crippen molar-refractivity contribution in [1.29, 1.82) is 0 Å². The molecule has 5 heteroatoms. The molecule has 2 aromatic carbocycles. The Morgan fingerprint density at radius 1 is 1.12 bits per heavy atom. The molecule has 3 aromatic rings. The van der Waals surface area contributed by atoms with E-state index in [1.807, 2.05) is 19.1 Å². The highest BCUT2D eigenvalue weighted by Gasteiger charge is 2.35. The van der Waals surface area contributed by atoms with Gasteiger partial charge < -0.3 is 14.8 Å². The number of aryl methyl sites for hydroxylation is 1. The van der Waals surface area contributed by atoms with Crippen LogP contribution in [0.15, 0.2) is 51.7 Å². The van der Waals surface area contributed by atoms with Crippen LogP contribution in [0.2, 0.25) is 0 Å². The number of benzene rings is 2. The number of carbonyl (C=O) groups excluding carboxylic acids is 1. The van der Waals surface area contributed by atoms with Crippen molar-refractivity contribution < 1.29 is 14.3 Å². The molecule has 4 rings (SSSR count). The Kier molecular flexibility index (Phi) is 3.16. The Morgan fingerprint density at radius 3 is 2.58 bits per heavy atom. The maximum atomic E-state index is 13.0. The van der Waals surface area contributed by atoms with Crippen LogP contribution in [0.5, 0.6) is 5.75 Å². The highest BCUT2D eigenvalue weighted by molar-refractivity contribution is 5.99. The summed E-state index contributed by atoms with van der Waals surface area (Å²) in [7, 11) is 0. The number of hydrogen-bond acceptors (Lipinski definition) is 4. The van der Waals surface area contributed by atoms with Gasteiger partial charge in [0.05, 0.1) is 17.0 Å². The average molecular weight is 321 g/mol. The zero-order valence-corrected chi connectivity index (χ0v) is 13.0. The lowest BCUT2D eigenvalue weighted by atomic mass is 9.98. The van der Waals surface area contributed by atoms with E-state index in [2.05, 4.69) is 5.32 Å². The second-order valence-corrected chi connectivity index (χ2v) is 5.86. The third kappa shape index (κ3) is 2.09. The van der Waals surface area contributed by atoms with Gasteiger partial charge in [0.15, 0.2) is 5.43 Å². The van der Waals surface area contributed by atoms with Crippen LogP contribution < -0.4 is 10.7 Å². The Hall–Kier alpha value is -3.08. The molecule has 1 aliphatic heterocycles. The minimum atomic E-state index is -0.570. The van der Waals surface area contributed by atoms with Gasteiger partial charge in [-0.2, -0.15) is 0 Å². The molecule has 5 nitrogen and oxygen atoms in total. The molecule has 0 aliphatic carbocycles. The Labute approximate surface area is 137 Å². The van der Waals surface area contributed by atoms with Gasteiger partial charge in [-0.05, 0) is 41.8 Å². The van der Waals surface area contributed by atoms with Crippen LogP contribution in [-0.2, 0) is 6.42 Å². The van der Waals surface area contributed by atoms with Gasteiger partial charge >= 0.3 is 0 Å². The summed E-state index contributed by atoms with van der Waals surface area (Å²) in [5, 5.41) is 12.7. The molecule has 1 amide bonds. The van der Waals surface area contributed by atoms with Crippen molar-refractivity contribution in [3.8, 4) is 5.75 Å². The summed E-state index contributed by atoms with van der Waals surface area (Å²) in [4.78, 5) is 25.2. The maximum Gasteiger partial charge on any atom is 0.288 e. The van der Waals surface area contributed by atoms with Crippen molar-refractivity contribution in [3.63, 3.8) is 0 Å². The van der Waals surface area contributed by atoms with E-state index in [0.29, 0.717) is 16.5 Å². The third-order valence-corrected chi connectivity index (χ3v) is 4.39. The van der Waals surface area contributed by atoms with Gasteiger partial charge in [0.25, 0.3) is 5.91 Å². The van der Waals surface area contributed by atoms with Crippen molar-refractivity contribution in [3.05, 3.63) is 75.1 Å². The van der Waals surface area contributed by atoms with E-state index in [1.54, 1.807) is 18.2 Å². The zero-order chi connectivity index (χ0) is 16.8. The molecule has 120 valence electrons. The zero-order valence-electron chi connectivity index (χ0n) is 13.0. The molecule has 0 bridgehead atoms. The van der Waals surface area contributed by atoms with Crippen LogP contribution >= 0.6 is 0 Å². The fourth-order valence-corrected chi connectivity index (χ4v) is 3.09. The minimum absolute atomic E-state index is 0.0647. The van der Waals surface area contributed by atoms with Gasteiger partial charge in [0.2, 0.25) is 5.76 Å². The first-order valence-corrected chi connectivity index (χ1v) is 7.78. The predicted molar refractivity (Wildman–Crippen MR) is 89.3 cm³/mol. The largest absolute Gasteiger partial charge is 0.508 e. The van der Waals surface area contributed by atoms with Gasteiger partial charge in [-0.3, -0.25) is 9.59 Å². The molecule has 0 fully saturated rings. The second-order valence-electron chi connectivity index (χ2n) is 5.86. The van der Waals surface area contributed by atoms with E-state index >= 15 is 0 Å². The molecular formula is C19H15NO4. The lowest BCUT2D eigenvalue weighted by molar-refractivity contribution is 0.0938. The van der Waals surface area contributed by atoms with Crippen molar-refractivity contribution in [2.75, 3.05) is 0 Å². The molecule has 0 saturated carbocycles. The molecule has 0 spiro atoms. The van der Waals surface area contributed by atoms with E-state index in [0.717, 1.165) is 17.5 Å². The highest BCUT2D eigenvalue weighted by Crippen LogP contribution is 2.31. The van der Waals surface area contributed by atoms with Crippen molar-refractivity contribution in [2.45, 2.75) is 19.4 Å². The molecule has 1 atom stereocenters. The molecule has 0 radical (unpaired) electrons. The number of phenols is 1. The first-order valence-electron chi connectivity index (χ1n) is 7.78. The Morgan fingerprint density at radius 2 is 1.88 bits per heavy atom. The lowest BCUT2D eigenvalue weighted by Gasteiger charge is -2.11. The molecule has 24 heavy (non-hydrogen) atoms. The SMILES string of the molecule is CCc1ccc2oc3c(c(=O)c2c1)[C@H](c1ccc(O)cc1)NC3=O. The fourth-order valence-electron chi connectivity index (χ4n) is 3.09. The first kappa shape index (κ1) is 14.5. The summed E-state index contributed by atoms with van der Waals surface area (Å²) in [5.74, 6) is -0.210. The van der Waals surface area contributed by atoms with Crippen LogP contribution in [0, 0.1) is 0 Å². The third-order valence-electron chi connectivity index (χ3n) is 4.39. The van der Waals surface area contributed by atoms with E-state index < -0.39 is 11.9 Å². The number of carbonyl (C=O) groups is 1. The van der Waals surface area contributed by atoms with Gasteiger partial charge in [-0.15, -0.1) is 0 Å². The van der Waals surface area contributed by atoms with Crippen molar-refractivity contribution in [2.24, 2.45) is 0 Å². The van der Waals surface area contributed by atoms with Gasteiger partial charge in [0.1, 0.15) is 11.3 Å². The standard InChI is InChI=1S/C19H15NO4/c1-2-10-3-8-14-13(9-10)17(22)15-16(20-19(23)18(15)24-14)11-4-6-12(21)7-5-11/h3-9,16,21H,2H2,1H3,(H,20,23)/t16-/m0/s1. The van der Waals surface area contributed by atoms with E-state index in [-0.39, 0.29) is 16.9 Å². The summed E-state index contributed by atoms with van der Waals surface area (Å²) >= 11 is 0. The first-order chi connectivity index (χ1) is 11.6. The van der Waals surface area contributed by atoms with Gasteiger partial charge in [0, 0.05) is 0 Å². The number of phenolic OH excluding ortho intramolecular Hbond substituents is 1. The van der Waals surface area contributed by atoms with Crippen LogP contribution in [0.1, 0.15) is 40.2 Å². The van der Waals surface area contributed by atoms with E-state index in [4.69, 9.17) is 4.42 Å². The van der Waals surface area contributed by atoms with Crippen molar-refractivity contribution >= 4 is 16.9 Å². The summed E-state index contributed by atoms with van der Waals surface area (Å²) in [6.45, 7) is 2.01. The summed E-state index contributed by atoms with van der Waals surface area (Å²) < 4.78 is 5.71. The lowest BCUT2D eigenvalue weighted by Crippen LogP contribution is -2.21. The normalized spacial score (nSPS) is 16.2. The molecule has 0 unspecified atom stereocenters. The minimum Gasteiger partial charge on any atom is -0.508 e. The van der Waals surface area contributed by atoms with Gasteiger partial charge in [-0.1, -0.05) is 25.1 Å². The van der Waals surface area contributed by atoms with Gasteiger partial charge in [-0.25, -0.2) is 0 Å². The summed E-state index contributed by atoms with van der Waals surface area (Å²) in [6.07, 6.45) is 0.811. The van der Waals surface area contributed by atoms with E-state index in [9.17, 15) is 14.7 Å². The number of fused-ring (bicyclic) bond motifs is 2. The quantitative estimate of drug-likeness (QED) is 0.760. The van der Waals surface area contributed by atoms with Crippen LogP contribution in [0.3, 0.4) is 0 Å². The number of rotatable bonds is 2. The number of hydrogen-bond donors (Lipinski definition) is 2. The topological polar surface area (TPSA) is 79.5 Å². The smallest absolute Gasteiger partial charge is 0.288 e. The summed E-state index contributed by atoms with van der Waals surface area (Å²) in [5.41, 5.74) is 2.30. The molecule has 2 heterocycles. The molecule has 0 saturated heterocycles. The van der Waals surface area contributed by atoms with Crippen molar-refractivity contribution in [1.82, 2.24) is 5.32 Å². The monoisotopic (exact) mass is 321 g/mol. The van der Waals surface area contributed by atoms with E-state index in [1.165, 1.54) is 12.1 Å². The number of aromatic hydroxyl groups is 1. The number of amides is 1. The molecular weight excluding hydrogens is 306 g/mol. The fraction of sp³-hybridized carbons (Fsp3) is 0.158. The molecule has 1 aromatic heterocycles. The maximum absolute atomic E-state index is 13.0. The molecule has 2 N–H and O–H groups in total. The summed E-state index contributed by atoms with van der Waals surface area (Å²) in [6, 6.07) is 11.3. The predicted octanol–water partition coefficient (Wildman–Crippen LogP) is 2.89. The second kappa shape index (κ2) is 5.23. The van der Waals surface area contributed by atoms with Crippen LogP contribution in [-0.4, -0.2) is 11.0 Å². The van der Waals surface area contributed by atoms with Crippen LogP contribution in [0.25, 0.3) is 11.0 Å².